The van der Waals surface area contributed by atoms with Crippen LogP contribution in [-0.2, 0) is 93.1 Å². The number of nitrogens with two attached hydrogens (primary N) is 1. The van der Waals surface area contributed by atoms with Gasteiger partial charge in [0.05, 0.1) is 12.2 Å². The topological polar surface area (TPSA) is 493 Å². The summed E-state index contributed by atoms with van der Waals surface area (Å²) >= 11 is 2.20. The monoisotopic (exact) mass is 1580 g/mol. The highest BCUT2D eigenvalue weighted by Gasteiger charge is 2.46. The predicted octanol–water partition coefficient (Wildman–Crippen LogP) is 0.434. The van der Waals surface area contributed by atoms with Crippen LogP contribution in [-0.4, -0.2) is 214 Å². The number of benzene rings is 3. The highest BCUT2D eigenvalue weighted by molar-refractivity contribution is 7.98. The second-order valence-corrected chi connectivity index (χ2v) is 32.2. The number of thioether (sulfide) groups is 2. The molecule has 0 spiro atoms. The van der Waals surface area contributed by atoms with Crippen molar-refractivity contribution in [3.63, 3.8) is 0 Å². The van der Waals surface area contributed by atoms with Crippen LogP contribution < -0.4 is 64.2 Å². The van der Waals surface area contributed by atoms with Crippen LogP contribution in [0.15, 0.2) is 91.3 Å². The first-order valence-corrected chi connectivity index (χ1v) is 38.6. The number of aromatic nitrogens is 2. The van der Waals surface area contributed by atoms with Crippen molar-refractivity contribution in [3.8, 4) is 11.5 Å². The molecule has 13 atom stereocenters. The molecule has 0 unspecified atom stereocenters. The molecule has 1 saturated heterocycles. The molecule has 2 bridgehead atoms. The summed E-state index contributed by atoms with van der Waals surface area (Å²) in [4.78, 5) is 195. The summed E-state index contributed by atoms with van der Waals surface area (Å²) in [5.74, 6) is -13.8. The number of carbonyl (C=O) groups excluding carboxylic acids is 13. The Morgan fingerprint density at radius 3 is 1.76 bits per heavy atom. The molecule has 18 N–H and O–H groups in total. The maximum Gasteiger partial charge on any atom is 0.246 e. The number of halogens is 1. The van der Waals surface area contributed by atoms with Crippen molar-refractivity contribution in [1.29, 1.82) is 0 Å². The van der Waals surface area contributed by atoms with Gasteiger partial charge in [-0.3, -0.25) is 62.3 Å². The molecule has 7 rings (SSSR count). The zero-order valence-corrected chi connectivity index (χ0v) is 65.6. The summed E-state index contributed by atoms with van der Waals surface area (Å²) in [6, 6.07) is 3.70. The van der Waals surface area contributed by atoms with E-state index in [1.165, 1.54) is 120 Å². The van der Waals surface area contributed by atoms with Gasteiger partial charge in [0.15, 0.2) is 0 Å². The molecular formula is C76H102FN15O17S2. The Kier molecular flexibility index (Phi) is 30.5. The predicted molar refractivity (Wildman–Crippen MR) is 411 cm³/mol. The molecule has 2 aliphatic rings. The minimum Gasteiger partial charge on any atom is -0.508 e. The molecule has 35 heteroatoms. The summed E-state index contributed by atoms with van der Waals surface area (Å²) in [6.07, 6.45) is -0.739. The molecule has 2 aromatic heterocycles. The summed E-state index contributed by atoms with van der Waals surface area (Å²) in [5.41, 5.74) is 3.39. The van der Waals surface area contributed by atoms with E-state index in [0.29, 0.717) is 38.9 Å². The Bertz CT molecular complexity index is 4230. The summed E-state index contributed by atoms with van der Waals surface area (Å²) in [5, 5.41) is 72.0. The van der Waals surface area contributed by atoms with E-state index in [4.69, 9.17) is 5.73 Å². The molecule has 5 aromatic rings. The molecule has 2 aliphatic heterocycles. The fraction of sp³-hybridized carbons (Fsp3) is 0.500. The number of aromatic hydroxyl groups is 2. The lowest BCUT2D eigenvalue weighted by Gasteiger charge is -2.36. The van der Waals surface area contributed by atoms with Crippen molar-refractivity contribution in [3.05, 3.63) is 125 Å². The van der Waals surface area contributed by atoms with Crippen LogP contribution in [0.3, 0.4) is 0 Å². The number of aliphatic hydroxyl groups excluding tert-OH is 2. The third-order valence-corrected chi connectivity index (χ3v) is 21.4. The van der Waals surface area contributed by atoms with E-state index in [1.807, 2.05) is 0 Å². The van der Waals surface area contributed by atoms with Gasteiger partial charge in [0, 0.05) is 73.5 Å². The molecule has 0 saturated carbocycles. The van der Waals surface area contributed by atoms with E-state index in [2.05, 4.69) is 68.5 Å². The standard InChI is InChI=1S/C76H102FN15O17S2/c1-38(2)76(12)73(109)88-59(41(5)94)69(105)86-55(61(78)98)36-110-34-45-27-46(29-48(77)28-45)35-111-37-56(82-42(6)95)64(100)89-60(74(7,8)9)70(106)85-54(31-44-19-23-50(97)24-20-44)71(107)92-26-14-16-57(92)67(103)87-58(40(4)93)68(104)84-53(32-47-33-80-62-51(47)15-13-25-79-62)65(101)90-75(10,11)72(108)81-39(3)63(99)83-52(66(102)91-76)30-43-17-21-49(96)22-18-43/h13,15,17-25,27-29,33,38-41,52-60,93-94,96-97H,14,16,26,30-32,34-37H2,1-12H3,(H2,78,98)(H,79,80)(H,81,108)(H,82,95)(H,83,99)(H,84,104)(H,85,106)(H,86,105)(H,87,103)(H,88,109)(H,89,100)(H,90,101)(H,91,102)/t39-,40+,41+,52-,53-,54-,55-,56-,57-,58-,59-,60+,76-/m0/s1. The van der Waals surface area contributed by atoms with Gasteiger partial charge in [0.25, 0.3) is 0 Å². The lowest BCUT2D eigenvalue weighted by molar-refractivity contribution is -0.143. The maximum absolute atomic E-state index is 15.4. The summed E-state index contributed by atoms with van der Waals surface area (Å²) in [7, 11) is 0. The minimum absolute atomic E-state index is 0.0339. The van der Waals surface area contributed by atoms with Crippen molar-refractivity contribution in [2.75, 3.05) is 18.1 Å². The fourth-order valence-electron chi connectivity index (χ4n) is 12.4. The van der Waals surface area contributed by atoms with Crippen molar-refractivity contribution < 1.29 is 87.1 Å². The molecule has 13 amide bonds. The number of carbonyl (C=O) groups is 13. The van der Waals surface area contributed by atoms with Gasteiger partial charge in [-0.25, -0.2) is 9.37 Å². The normalized spacial score (nSPS) is 25.5. The number of nitrogens with zero attached hydrogens (tertiary/aromatic N) is 2. The number of fused-ring (bicyclic) bond motifs is 4. The van der Waals surface area contributed by atoms with Gasteiger partial charge in [0.2, 0.25) is 76.8 Å². The minimum atomic E-state index is -1.94. The first kappa shape index (κ1) is 87.8. The number of phenols is 2. The van der Waals surface area contributed by atoms with Gasteiger partial charge in [-0.15, -0.1) is 0 Å². The van der Waals surface area contributed by atoms with E-state index in [0.717, 1.165) is 23.5 Å². The Balaban J connectivity index is 1.24. The van der Waals surface area contributed by atoms with Gasteiger partial charge >= 0.3 is 0 Å². The van der Waals surface area contributed by atoms with Crippen molar-refractivity contribution in [2.45, 2.75) is 210 Å². The quantitative estimate of drug-likeness (QED) is 0.0853. The first-order chi connectivity index (χ1) is 52.0. The summed E-state index contributed by atoms with van der Waals surface area (Å²) in [6.45, 7) is 16.8. The van der Waals surface area contributed by atoms with Crippen LogP contribution in [0.4, 0.5) is 4.39 Å². The van der Waals surface area contributed by atoms with Crippen molar-refractivity contribution in [1.82, 2.24) is 73.4 Å². The van der Waals surface area contributed by atoms with E-state index in [-0.39, 0.29) is 73.2 Å². The van der Waals surface area contributed by atoms with E-state index >= 15 is 9.18 Å². The lowest BCUT2D eigenvalue weighted by atomic mass is 9.85. The van der Waals surface area contributed by atoms with E-state index < -0.39 is 178 Å². The largest absolute Gasteiger partial charge is 0.508 e. The van der Waals surface area contributed by atoms with Crippen molar-refractivity contribution in [2.24, 2.45) is 17.1 Å². The highest BCUT2D eigenvalue weighted by Crippen LogP contribution is 2.27. The van der Waals surface area contributed by atoms with Crippen LogP contribution in [0, 0.1) is 17.2 Å². The number of rotatable bonds is 11. The molecule has 0 aliphatic carbocycles. The third kappa shape index (κ3) is 24.3. The fourth-order valence-corrected chi connectivity index (χ4v) is 14.4. The molecule has 3 aromatic carbocycles. The molecule has 1 fully saturated rings. The third-order valence-electron chi connectivity index (χ3n) is 19.2. The van der Waals surface area contributed by atoms with Crippen LogP contribution >= 0.6 is 23.5 Å². The molecule has 4 heterocycles. The second kappa shape index (κ2) is 38.5. The van der Waals surface area contributed by atoms with E-state index in [1.54, 1.807) is 59.0 Å². The van der Waals surface area contributed by atoms with Crippen LogP contribution in [0.25, 0.3) is 11.0 Å². The molecule has 0 radical (unpaired) electrons. The van der Waals surface area contributed by atoms with Crippen molar-refractivity contribution >= 4 is 111 Å². The van der Waals surface area contributed by atoms with Gasteiger partial charge in [-0.2, -0.15) is 23.5 Å². The zero-order chi connectivity index (χ0) is 82.1. The van der Waals surface area contributed by atoms with Crippen LogP contribution in [0.5, 0.6) is 11.5 Å². The average molecular weight is 1580 g/mol. The number of aromatic amines is 1. The van der Waals surface area contributed by atoms with Gasteiger partial charge < -0.3 is 94.5 Å². The smallest absolute Gasteiger partial charge is 0.246 e. The van der Waals surface area contributed by atoms with Gasteiger partial charge in [0.1, 0.15) is 94.5 Å². The number of aliphatic hydroxyl groups is 2. The molecule has 111 heavy (non-hydrogen) atoms. The molecular weight excluding hydrogens is 1480 g/mol. The number of pyridine rings is 1. The Morgan fingerprint density at radius 1 is 0.649 bits per heavy atom. The number of amides is 13. The van der Waals surface area contributed by atoms with Crippen LogP contribution in [0.2, 0.25) is 0 Å². The van der Waals surface area contributed by atoms with E-state index in [9.17, 15) is 78.0 Å². The molecule has 602 valence electrons. The number of nitrogens with one attached hydrogen (secondary N) is 12. The highest BCUT2D eigenvalue weighted by atomic mass is 32.2. The Labute approximate surface area is 650 Å². The zero-order valence-electron chi connectivity index (χ0n) is 64.0. The average Bonchev–Trinajstić information content (AvgIpc) is 1.78. The maximum atomic E-state index is 15.4. The number of hydrogen-bond acceptors (Lipinski definition) is 20. The Morgan fingerprint density at radius 2 is 1.19 bits per heavy atom. The van der Waals surface area contributed by atoms with Gasteiger partial charge in [-0.05, 0) is 142 Å². The SMILES string of the molecule is CC(=O)N[C@H]1CSCc2cc(F)cc(c2)CSC[C@@H](C(N)=O)NC(=O)[C@H]([C@@H](C)O)NC(=O)[C@](C)(C(C)C)NC(=O)[C@H](Cc2ccc(O)cc2)NC(=O)[C@H](C)NC(=O)C(C)(C)NC(=O)[C@H](Cc2c[nH]c3ncccc23)NC(=O)[C@H]([C@@H](C)O)NC(=O)[C@@H]2CCCN2C(=O)[C@H](Cc2ccc(O)cc2)NC(=O)[C@H](C(C)(C)C)NC1=O. The Hall–Kier alpha value is -10.4. The number of hydrogen-bond donors (Lipinski definition) is 17. The van der Waals surface area contributed by atoms with Gasteiger partial charge in [-0.1, -0.05) is 65.0 Å². The summed E-state index contributed by atoms with van der Waals surface area (Å²) < 4.78 is 15.4. The lowest BCUT2D eigenvalue weighted by Crippen LogP contribution is -2.67. The number of H-pyrrole nitrogens is 1. The first-order valence-electron chi connectivity index (χ1n) is 36.3. The second-order valence-electron chi connectivity index (χ2n) is 30.1. The molecule has 32 nitrogen and oxygen atoms in total. The number of primary amides is 1. The number of phenolic OH excluding ortho intramolecular Hbond substituents is 2. The van der Waals surface area contributed by atoms with Crippen LogP contribution in [0.1, 0.15) is 124 Å².